The van der Waals surface area contributed by atoms with Gasteiger partial charge in [0.1, 0.15) is 11.5 Å². The number of nitrogens with one attached hydrogen (secondary N) is 1. The van der Waals surface area contributed by atoms with Crippen LogP contribution in [0.2, 0.25) is 0 Å². The number of imidazole rings is 1. The molecule has 1 aromatic rings. The van der Waals surface area contributed by atoms with Crippen LogP contribution in [-0.4, -0.2) is 27.9 Å². The molecule has 1 saturated heterocycles. The fourth-order valence-electron chi connectivity index (χ4n) is 2.38. The number of nitrogens with zero attached hydrogens (tertiary/aromatic N) is 2. The molecule has 1 fully saturated rings. The van der Waals surface area contributed by atoms with Crippen LogP contribution in [0.15, 0.2) is 18.3 Å². The summed E-state index contributed by atoms with van der Waals surface area (Å²) in [4.78, 5) is 27.9. The SMILES string of the molecule is CC/C=C/C(=O)n1c(C(N)=O)cnc1C1CCCCN1. The van der Waals surface area contributed by atoms with Crippen molar-refractivity contribution in [3.8, 4) is 0 Å². The normalized spacial score (nSPS) is 19.4. The first kappa shape index (κ1) is 14.5. The van der Waals surface area contributed by atoms with Crippen LogP contribution >= 0.6 is 0 Å². The Morgan fingerprint density at radius 2 is 2.35 bits per heavy atom. The highest BCUT2D eigenvalue weighted by Gasteiger charge is 2.25. The number of amides is 1. The molecule has 108 valence electrons. The molecule has 6 nitrogen and oxygen atoms in total. The van der Waals surface area contributed by atoms with Crippen molar-refractivity contribution in [2.24, 2.45) is 5.73 Å². The first-order valence-corrected chi connectivity index (χ1v) is 6.96. The highest BCUT2D eigenvalue weighted by Crippen LogP contribution is 2.23. The predicted octanol–water partition coefficient (Wildman–Crippen LogP) is 1.40. The number of rotatable bonds is 4. The van der Waals surface area contributed by atoms with E-state index in [0.717, 1.165) is 32.2 Å². The van der Waals surface area contributed by atoms with Gasteiger partial charge in [-0.3, -0.25) is 14.2 Å². The van der Waals surface area contributed by atoms with Gasteiger partial charge in [-0.1, -0.05) is 19.4 Å². The third-order valence-electron chi connectivity index (χ3n) is 3.38. The first-order valence-electron chi connectivity index (χ1n) is 6.96. The van der Waals surface area contributed by atoms with Gasteiger partial charge < -0.3 is 11.1 Å². The Bertz CT molecular complexity index is 527. The van der Waals surface area contributed by atoms with Crippen molar-refractivity contribution in [1.29, 1.82) is 0 Å². The van der Waals surface area contributed by atoms with E-state index >= 15 is 0 Å². The molecule has 1 unspecified atom stereocenters. The standard InChI is InChI=1S/C14H20N4O2/c1-2-3-7-12(19)18-11(13(15)20)9-17-14(18)10-6-4-5-8-16-10/h3,7,9-10,16H,2,4-6,8H2,1H3,(H2,15,20)/b7-3+. The van der Waals surface area contributed by atoms with E-state index in [1.807, 2.05) is 6.92 Å². The van der Waals surface area contributed by atoms with Gasteiger partial charge in [0.15, 0.2) is 0 Å². The highest BCUT2D eigenvalue weighted by molar-refractivity contribution is 5.99. The molecule has 0 bridgehead atoms. The van der Waals surface area contributed by atoms with Gasteiger partial charge in [0.2, 0.25) is 0 Å². The molecular weight excluding hydrogens is 256 g/mol. The molecule has 0 saturated carbocycles. The molecule has 1 atom stereocenters. The number of primary amides is 1. The Morgan fingerprint density at radius 1 is 1.55 bits per heavy atom. The maximum absolute atomic E-state index is 12.3. The summed E-state index contributed by atoms with van der Waals surface area (Å²) < 4.78 is 1.33. The lowest BCUT2D eigenvalue weighted by atomic mass is 10.0. The molecule has 0 aromatic carbocycles. The first-order chi connectivity index (χ1) is 9.65. The number of piperidine rings is 1. The van der Waals surface area contributed by atoms with Gasteiger partial charge in [-0.2, -0.15) is 0 Å². The van der Waals surface area contributed by atoms with Crippen molar-refractivity contribution in [2.45, 2.75) is 38.6 Å². The number of aromatic nitrogens is 2. The van der Waals surface area contributed by atoms with Crippen LogP contribution in [0.3, 0.4) is 0 Å². The second-order valence-corrected chi connectivity index (χ2v) is 4.85. The molecule has 2 rings (SSSR count). The molecule has 20 heavy (non-hydrogen) atoms. The summed E-state index contributed by atoms with van der Waals surface area (Å²) in [6, 6.07) is -0.00386. The number of hydrogen-bond acceptors (Lipinski definition) is 4. The van der Waals surface area contributed by atoms with E-state index in [0.29, 0.717) is 5.82 Å². The van der Waals surface area contributed by atoms with Gasteiger partial charge in [0.25, 0.3) is 11.8 Å². The van der Waals surface area contributed by atoms with Gasteiger partial charge in [-0.05, 0) is 31.9 Å². The van der Waals surface area contributed by atoms with Gasteiger partial charge in [0.05, 0.1) is 12.2 Å². The molecule has 0 spiro atoms. The monoisotopic (exact) mass is 276 g/mol. The number of nitrogens with two attached hydrogens (primary N) is 1. The van der Waals surface area contributed by atoms with E-state index in [-0.39, 0.29) is 17.6 Å². The van der Waals surface area contributed by atoms with Crippen LogP contribution in [0, 0.1) is 0 Å². The highest BCUT2D eigenvalue weighted by atomic mass is 16.2. The van der Waals surface area contributed by atoms with Crippen molar-refractivity contribution in [2.75, 3.05) is 6.54 Å². The maximum Gasteiger partial charge on any atom is 0.267 e. The van der Waals surface area contributed by atoms with Gasteiger partial charge in [-0.15, -0.1) is 0 Å². The van der Waals surface area contributed by atoms with Crippen molar-refractivity contribution >= 4 is 11.8 Å². The summed E-state index contributed by atoms with van der Waals surface area (Å²) in [5, 5.41) is 3.33. The van der Waals surface area contributed by atoms with Crippen molar-refractivity contribution in [1.82, 2.24) is 14.9 Å². The largest absolute Gasteiger partial charge is 0.364 e. The van der Waals surface area contributed by atoms with Crippen LogP contribution in [-0.2, 0) is 0 Å². The number of hydrogen-bond donors (Lipinski definition) is 2. The van der Waals surface area contributed by atoms with Crippen LogP contribution < -0.4 is 11.1 Å². The molecule has 3 N–H and O–H groups in total. The molecular formula is C14H20N4O2. The summed E-state index contributed by atoms with van der Waals surface area (Å²) in [5.41, 5.74) is 5.46. The number of carbonyl (C=O) groups excluding carboxylic acids is 2. The fraction of sp³-hybridized carbons (Fsp3) is 0.500. The van der Waals surface area contributed by atoms with E-state index in [1.54, 1.807) is 6.08 Å². The zero-order valence-electron chi connectivity index (χ0n) is 11.6. The smallest absolute Gasteiger partial charge is 0.267 e. The average molecular weight is 276 g/mol. The summed E-state index contributed by atoms with van der Waals surface area (Å²) in [6.45, 7) is 2.83. The predicted molar refractivity (Wildman–Crippen MR) is 75.4 cm³/mol. The lowest BCUT2D eigenvalue weighted by Crippen LogP contribution is -2.31. The molecule has 0 radical (unpaired) electrons. The summed E-state index contributed by atoms with van der Waals surface area (Å²) in [7, 11) is 0. The topological polar surface area (TPSA) is 90.0 Å². The minimum absolute atomic E-state index is 0.00386. The third-order valence-corrected chi connectivity index (χ3v) is 3.38. The maximum atomic E-state index is 12.3. The Labute approximate surface area is 118 Å². The van der Waals surface area contributed by atoms with Crippen LogP contribution in [0.5, 0.6) is 0 Å². The average Bonchev–Trinajstić information content (AvgIpc) is 2.90. The third kappa shape index (κ3) is 2.96. The number of allylic oxidation sites excluding steroid dienone is 2. The van der Waals surface area contributed by atoms with Gasteiger partial charge in [-0.25, -0.2) is 4.98 Å². The van der Waals surface area contributed by atoms with Gasteiger partial charge >= 0.3 is 0 Å². The Kier molecular flexibility index (Phi) is 4.68. The van der Waals surface area contributed by atoms with E-state index < -0.39 is 5.91 Å². The lowest BCUT2D eigenvalue weighted by molar-refractivity contribution is 0.0923. The number of carbonyl (C=O) groups is 2. The molecule has 1 aliphatic heterocycles. The molecule has 1 amide bonds. The minimum Gasteiger partial charge on any atom is -0.364 e. The zero-order valence-corrected chi connectivity index (χ0v) is 11.6. The van der Waals surface area contributed by atoms with Crippen LogP contribution in [0.25, 0.3) is 0 Å². The Morgan fingerprint density at radius 3 is 2.95 bits per heavy atom. The molecule has 2 heterocycles. The lowest BCUT2D eigenvalue weighted by Gasteiger charge is -2.23. The molecule has 6 heteroatoms. The second-order valence-electron chi connectivity index (χ2n) is 4.85. The van der Waals surface area contributed by atoms with E-state index in [2.05, 4.69) is 10.3 Å². The van der Waals surface area contributed by atoms with Crippen LogP contribution in [0.4, 0.5) is 0 Å². The second kappa shape index (κ2) is 6.47. The van der Waals surface area contributed by atoms with Crippen LogP contribution in [0.1, 0.15) is 59.8 Å². The van der Waals surface area contributed by atoms with Crippen molar-refractivity contribution < 1.29 is 9.59 Å². The zero-order chi connectivity index (χ0) is 14.5. The Hall–Kier alpha value is -1.95. The fourth-order valence-corrected chi connectivity index (χ4v) is 2.38. The summed E-state index contributed by atoms with van der Waals surface area (Å²) >= 11 is 0. The quantitative estimate of drug-likeness (QED) is 0.813. The van der Waals surface area contributed by atoms with Gasteiger partial charge in [0, 0.05) is 0 Å². The molecule has 0 aliphatic carbocycles. The minimum atomic E-state index is -0.641. The molecule has 1 aromatic heterocycles. The van der Waals surface area contributed by atoms with E-state index in [9.17, 15) is 9.59 Å². The summed E-state index contributed by atoms with van der Waals surface area (Å²) in [6.07, 6.45) is 8.44. The summed E-state index contributed by atoms with van der Waals surface area (Å²) in [5.74, 6) is -0.345. The Balaban J connectivity index is 2.38. The molecule has 1 aliphatic rings. The van der Waals surface area contributed by atoms with Crippen molar-refractivity contribution in [3.63, 3.8) is 0 Å². The van der Waals surface area contributed by atoms with E-state index in [4.69, 9.17) is 5.73 Å². The van der Waals surface area contributed by atoms with Crippen molar-refractivity contribution in [3.05, 3.63) is 29.9 Å². The van der Waals surface area contributed by atoms with E-state index in [1.165, 1.54) is 16.8 Å².